The van der Waals surface area contributed by atoms with Crippen LogP contribution >= 0.6 is 11.8 Å². The normalized spacial score (nSPS) is 16.4. The number of hydrogen-bond acceptors (Lipinski definition) is 6. The van der Waals surface area contributed by atoms with E-state index in [-0.39, 0.29) is 18.2 Å². The zero-order chi connectivity index (χ0) is 18.4. The lowest BCUT2D eigenvalue weighted by molar-refractivity contribution is -0.121. The third kappa shape index (κ3) is 4.66. The SMILES string of the molecule is CCN(CC)C1=NC(=O)[C@H](CC(=O)Nc2ccc(OC)cc2OC)S1. The molecule has 0 saturated carbocycles. The Kier molecular flexibility index (Phi) is 6.69. The fourth-order valence-corrected chi connectivity index (χ4v) is 3.60. The van der Waals surface area contributed by atoms with Gasteiger partial charge in [0.1, 0.15) is 16.7 Å². The Morgan fingerprint density at radius 2 is 2.00 bits per heavy atom. The minimum atomic E-state index is -0.486. The molecule has 0 radical (unpaired) electrons. The van der Waals surface area contributed by atoms with E-state index in [1.807, 2.05) is 18.7 Å². The molecule has 1 atom stereocenters. The molecule has 0 aliphatic carbocycles. The fraction of sp³-hybridized carbons (Fsp3) is 0.471. The number of hydrogen-bond donors (Lipinski definition) is 1. The third-order valence-corrected chi connectivity index (χ3v) is 5.03. The van der Waals surface area contributed by atoms with E-state index in [1.54, 1.807) is 25.3 Å². The lowest BCUT2D eigenvalue weighted by Gasteiger charge is -2.19. The number of nitrogens with zero attached hydrogens (tertiary/aromatic N) is 2. The van der Waals surface area contributed by atoms with Crippen LogP contribution in [0.5, 0.6) is 11.5 Å². The highest BCUT2D eigenvalue weighted by Gasteiger charge is 2.32. The standard InChI is InChI=1S/C17H23N3O4S/c1-5-20(6-2)17-19-16(22)14(25-17)10-15(21)18-12-8-7-11(23-3)9-13(12)24-4/h7-9,14H,5-6,10H2,1-4H3,(H,18,21)/t14-/m0/s1. The van der Waals surface area contributed by atoms with Crippen molar-refractivity contribution in [2.45, 2.75) is 25.5 Å². The first-order valence-corrected chi connectivity index (χ1v) is 8.96. The number of amidine groups is 1. The summed E-state index contributed by atoms with van der Waals surface area (Å²) < 4.78 is 10.4. The maximum absolute atomic E-state index is 12.3. The van der Waals surface area contributed by atoms with Gasteiger partial charge in [-0.2, -0.15) is 4.99 Å². The van der Waals surface area contributed by atoms with E-state index < -0.39 is 5.25 Å². The Balaban J connectivity index is 1.99. The molecule has 2 rings (SSSR count). The van der Waals surface area contributed by atoms with E-state index in [9.17, 15) is 9.59 Å². The van der Waals surface area contributed by atoms with Crippen molar-refractivity contribution in [3.8, 4) is 11.5 Å². The molecule has 136 valence electrons. The summed E-state index contributed by atoms with van der Waals surface area (Å²) in [5.74, 6) is 0.612. The van der Waals surface area contributed by atoms with E-state index in [1.165, 1.54) is 18.9 Å². The van der Waals surface area contributed by atoms with Gasteiger partial charge in [0.2, 0.25) is 5.91 Å². The highest BCUT2D eigenvalue weighted by atomic mass is 32.2. The molecule has 8 heteroatoms. The van der Waals surface area contributed by atoms with E-state index >= 15 is 0 Å². The first kappa shape index (κ1) is 19.1. The minimum absolute atomic E-state index is 0.0625. The van der Waals surface area contributed by atoms with Crippen molar-refractivity contribution in [2.24, 2.45) is 4.99 Å². The highest BCUT2D eigenvalue weighted by Crippen LogP contribution is 2.31. The molecule has 0 fully saturated rings. The molecule has 1 aromatic carbocycles. The van der Waals surface area contributed by atoms with Crippen LogP contribution in [0, 0.1) is 0 Å². The average Bonchev–Trinajstić information content (AvgIpc) is 2.96. The van der Waals surface area contributed by atoms with Crippen LogP contribution in [-0.4, -0.2) is 54.4 Å². The first-order chi connectivity index (χ1) is 12.0. The van der Waals surface area contributed by atoms with Gasteiger partial charge in [-0.3, -0.25) is 9.59 Å². The van der Waals surface area contributed by atoms with Gasteiger partial charge >= 0.3 is 0 Å². The smallest absolute Gasteiger partial charge is 0.262 e. The molecule has 1 aromatic rings. The summed E-state index contributed by atoms with van der Waals surface area (Å²) in [6.45, 7) is 5.56. The topological polar surface area (TPSA) is 80.2 Å². The van der Waals surface area contributed by atoms with Gasteiger partial charge in [0, 0.05) is 25.6 Å². The molecule has 1 aliphatic rings. The van der Waals surface area contributed by atoms with Crippen LogP contribution in [0.4, 0.5) is 5.69 Å². The fourth-order valence-electron chi connectivity index (χ4n) is 2.41. The van der Waals surface area contributed by atoms with Gasteiger partial charge in [-0.05, 0) is 26.0 Å². The van der Waals surface area contributed by atoms with Crippen LogP contribution in [0.15, 0.2) is 23.2 Å². The van der Waals surface area contributed by atoms with Crippen molar-refractivity contribution < 1.29 is 19.1 Å². The molecule has 0 saturated heterocycles. The number of methoxy groups -OCH3 is 2. The second-order valence-corrected chi connectivity index (χ2v) is 6.50. The van der Waals surface area contributed by atoms with Gasteiger partial charge in [0.15, 0.2) is 5.17 Å². The quantitative estimate of drug-likeness (QED) is 0.799. The Bertz CT molecular complexity index is 674. The first-order valence-electron chi connectivity index (χ1n) is 8.08. The molecule has 0 aromatic heterocycles. The number of amides is 2. The lowest BCUT2D eigenvalue weighted by atomic mass is 10.2. The molecule has 1 N–H and O–H groups in total. The predicted molar refractivity (Wildman–Crippen MR) is 99.5 cm³/mol. The average molecular weight is 365 g/mol. The van der Waals surface area contributed by atoms with Crippen LogP contribution in [-0.2, 0) is 9.59 Å². The van der Waals surface area contributed by atoms with Crippen LogP contribution in [0.3, 0.4) is 0 Å². The summed E-state index contributed by atoms with van der Waals surface area (Å²) in [4.78, 5) is 30.5. The maximum atomic E-state index is 12.3. The van der Waals surface area contributed by atoms with Crippen molar-refractivity contribution in [1.29, 1.82) is 0 Å². The molecule has 7 nitrogen and oxygen atoms in total. The summed E-state index contributed by atoms with van der Waals surface area (Å²) in [5.41, 5.74) is 0.536. The van der Waals surface area contributed by atoms with Gasteiger partial charge in [0.25, 0.3) is 5.91 Å². The number of ether oxygens (including phenoxy) is 2. The van der Waals surface area contributed by atoms with Gasteiger partial charge in [-0.15, -0.1) is 0 Å². The number of benzene rings is 1. The zero-order valence-corrected chi connectivity index (χ0v) is 15.7. The second-order valence-electron chi connectivity index (χ2n) is 5.33. The highest BCUT2D eigenvalue weighted by molar-refractivity contribution is 8.15. The van der Waals surface area contributed by atoms with Crippen molar-refractivity contribution in [1.82, 2.24) is 4.90 Å². The van der Waals surface area contributed by atoms with Gasteiger partial charge < -0.3 is 19.7 Å². The molecule has 0 unspecified atom stereocenters. The Morgan fingerprint density at radius 3 is 2.60 bits per heavy atom. The molecule has 0 spiro atoms. The second kappa shape index (κ2) is 8.75. The number of nitrogens with one attached hydrogen (secondary N) is 1. The number of thioether (sulfide) groups is 1. The Labute approximate surface area is 151 Å². The van der Waals surface area contributed by atoms with Crippen LogP contribution in [0.1, 0.15) is 20.3 Å². The number of carbonyl (C=O) groups is 2. The molecule has 0 bridgehead atoms. The molecule has 1 aliphatic heterocycles. The van der Waals surface area contributed by atoms with E-state index in [4.69, 9.17) is 9.47 Å². The number of carbonyl (C=O) groups excluding carboxylic acids is 2. The number of rotatable bonds is 7. The summed E-state index contributed by atoms with van der Waals surface area (Å²) in [6, 6.07) is 5.12. The largest absolute Gasteiger partial charge is 0.497 e. The monoisotopic (exact) mass is 365 g/mol. The molecular formula is C17H23N3O4S. The summed E-state index contributed by atoms with van der Waals surface area (Å²) >= 11 is 1.35. The van der Waals surface area contributed by atoms with E-state index in [0.29, 0.717) is 22.4 Å². The Hall–Kier alpha value is -2.22. The van der Waals surface area contributed by atoms with Gasteiger partial charge in [-0.1, -0.05) is 11.8 Å². The molecule has 1 heterocycles. The predicted octanol–water partition coefficient (Wildman–Crippen LogP) is 2.37. The molecule has 2 amide bonds. The Morgan fingerprint density at radius 1 is 1.28 bits per heavy atom. The van der Waals surface area contributed by atoms with Crippen molar-refractivity contribution >= 4 is 34.4 Å². The summed E-state index contributed by atoms with van der Waals surface area (Å²) in [5, 5.41) is 2.99. The van der Waals surface area contributed by atoms with Crippen molar-refractivity contribution in [2.75, 3.05) is 32.6 Å². The van der Waals surface area contributed by atoms with Crippen LogP contribution in [0.25, 0.3) is 0 Å². The van der Waals surface area contributed by atoms with Gasteiger partial charge in [0.05, 0.1) is 19.9 Å². The minimum Gasteiger partial charge on any atom is -0.497 e. The zero-order valence-electron chi connectivity index (χ0n) is 14.9. The van der Waals surface area contributed by atoms with Crippen molar-refractivity contribution in [3.63, 3.8) is 0 Å². The third-order valence-electron chi connectivity index (χ3n) is 3.82. The molecule has 25 heavy (non-hydrogen) atoms. The number of aliphatic imine (C=N–C) groups is 1. The van der Waals surface area contributed by atoms with Crippen LogP contribution < -0.4 is 14.8 Å². The maximum Gasteiger partial charge on any atom is 0.262 e. The van der Waals surface area contributed by atoms with E-state index in [0.717, 1.165) is 13.1 Å². The summed E-state index contributed by atoms with van der Waals surface area (Å²) in [6.07, 6.45) is 0.0625. The summed E-state index contributed by atoms with van der Waals surface area (Å²) in [7, 11) is 3.08. The number of anilines is 1. The van der Waals surface area contributed by atoms with E-state index in [2.05, 4.69) is 10.3 Å². The molecular weight excluding hydrogens is 342 g/mol. The lowest BCUT2D eigenvalue weighted by Crippen LogP contribution is -2.27. The van der Waals surface area contributed by atoms with Gasteiger partial charge in [-0.25, -0.2) is 0 Å². The van der Waals surface area contributed by atoms with Crippen molar-refractivity contribution in [3.05, 3.63) is 18.2 Å². The van der Waals surface area contributed by atoms with Crippen LogP contribution in [0.2, 0.25) is 0 Å².